The van der Waals surface area contributed by atoms with Crippen LogP contribution in [0.25, 0.3) is 0 Å². The van der Waals surface area contributed by atoms with Crippen molar-refractivity contribution in [2.45, 2.75) is 0 Å². The number of carbonyl (C=O) groups is 1. The molecule has 2 N–H and O–H groups in total. The van der Waals surface area contributed by atoms with E-state index >= 15 is 0 Å². The van der Waals surface area contributed by atoms with Crippen molar-refractivity contribution in [1.82, 2.24) is 4.98 Å². The van der Waals surface area contributed by atoms with Gasteiger partial charge in [0.15, 0.2) is 29.1 Å². The molecule has 0 aliphatic heterocycles. The molecule has 0 atom stereocenters. The number of aromatic carboxylic acids is 1. The molecule has 1 aromatic carbocycles. The lowest BCUT2D eigenvalue weighted by atomic mass is 10.2. The van der Waals surface area contributed by atoms with E-state index in [0.717, 1.165) is 6.07 Å². The number of benzene rings is 1. The summed E-state index contributed by atoms with van der Waals surface area (Å²) in [6.45, 7) is 0. The molecule has 126 valence electrons. The highest BCUT2D eigenvalue weighted by molar-refractivity contribution is 6.29. The van der Waals surface area contributed by atoms with Gasteiger partial charge in [0.25, 0.3) is 0 Å². The van der Waals surface area contributed by atoms with Gasteiger partial charge in [-0.2, -0.15) is 5.10 Å². The smallest absolute Gasteiger partial charge is 0.339 e. The van der Waals surface area contributed by atoms with E-state index < -0.39 is 46.4 Å². The van der Waals surface area contributed by atoms with Gasteiger partial charge >= 0.3 is 5.97 Å². The first kappa shape index (κ1) is 17.6. The molecule has 0 aliphatic rings. The number of carboxylic acid groups (broad SMARTS) is 1. The van der Waals surface area contributed by atoms with E-state index in [9.17, 15) is 26.7 Å². The van der Waals surface area contributed by atoms with E-state index in [1.807, 2.05) is 5.43 Å². The molecule has 0 fully saturated rings. The minimum absolute atomic E-state index is 0.117. The van der Waals surface area contributed by atoms with Crippen LogP contribution in [0.5, 0.6) is 0 Å². The number of hydrogen-bond donors (Lipinski definition) is 2. The third-order valence-corrected chi connectivity index (χ3v) is 2.91. The minimum Gasteiger partial charge on any atom is -0.478 e. The summed E-state index contributed by atoms with van der Waals surface area (Å²) in [6, 6.07) is 2.25. The molecule has 2 aromatic rings. The number of hydrazone groups is 1. The van der Waals surface area contributed by atoms with Crippen LogP contribution in [0.3, 0.4) is 0 Å². The normalized spacial score (nSPS) is 11.1. The number of hydrogen-bond acceptors (Lipinski definition) is 4. The summed E-state index contributed by atoms with van der Waals surface area (Å²) in [6.07, 6.45) is 0.296. The Kier molecular flexibility index (Phi) is 4.98. The lowest BCUT2D eigenvalue weighted by Gasteiger charge is -2.06. The first-order valence-electron chi connectivity index (χ1n) is 5.94. The van der Waals surface area contributed by atoms with Gasteiger partial charge in [0.2, 0.25) is 5.82 Å². The van der Waals surface area contributed by atoms with Crippen molar-refractivity contribution in [3.8, 4) is 0 Å². The number of nitrogens with one attached hydrogen (secondary N) is 1. The second kappa shape index (κ2) is 6.79. The van der Waals surface area contributed by atoms with Crippen molar-refractivity contribution in [2.24, 2.45) is 5.10 Å². The molecular weight excluding hydrogens is 361 g/mol. The lowest BCUT2D eigenvalue weighted by molar-refractivity contribution is 0.0697. The molecule has 0 amide bonds. The molecular formula is C13H5ClF5N3O2. The quantitative estimate of drug-likeness (QED) is 0.217. The Hall–Kier alpha value is -2.75. The predicted molar refractivity (Wildman–Crippen MR) is 73.7 cm³/mol. The monoisotopic (exact) mass is 365 g/mol. The zero-order valence-corrected chi connectivity index (χ0v) is 12.0. The highest BCUT2D eigenvalue weighted by Gasteiger charge is 2.24. The van der Waals surface area contributed by atoms with Gasteiger partial charge in [0, 0.05) is 0 Å². The van der Waals surface area contributed by atoms with Gasteiger partial charge in [0.05, 0.1) is 11.8 Å². The van der Waals surface area contributed by atoms with Gasteiger partial charge in [-0.15, -0.1) is 0 Å². The van der Waals surface area contributed by atoms with Crippen LogP contribution in [-0.4, -0.2) is 22.3 Å². The summed E-state index contributed by atoms with van der Waals surface area (Å²) >= 11 is 5.57. The average Bonchev–Trinajstić information content (AvgIpc) is 2.54. The standard InChI is InChI=1S/C13H5ClF5N3O2/c14-6-2-1-4(13(23)24)12(21-6)22-20-3-5-7(15)9(17)11(19)10(18)8(5)16/h1-3H,(H,21,22)(H,23,24)/b20-3+. The predicted octanol–water partition coefficient (Wildman–Crippen LogP) is 3.57. The van der Waals surface area contributed by atoms with Crippen molar-refractivity contribution in [3.05, 3.63) is 57.5 Å². The molecule has 0 aliphatic carbocycles. The molecule has 11 heteroatoms. The highest BCUT2D eigenvalue weighted by atomic mass is 35.5. The Balaban J connectivity index is 2.38. The summed E-state index contributed by atoms with van der Waals surface area (Å²) in [4.78, 5) is 14.5. The zero-order chi connectivity index (χ0) is 18.0. The second-order valence-electron chi connectivity index (χ2n) is 4.19. The molecule has 0 bridgehead atoms. The minimum atomic E-state index is -2.31. The number of aromatic nitrogens is 1. The van der Waals surface area contributed by atoms with Crippen LogP contribution in [-0.2, 0) is 0 Å². The van der Waals surface area contributed by atoms with E-state index in [2.05, 4.69) is 10.1 Å². The molecule has 2 rings (SSSR count). The van der Waals surface area contributed by atoms with Crippen molar-refractivity contribution in [1.29, 1.82) is 0 Å². The fourth-order valence-corrected chi connectivity index (χ4v) is 1.73. The first-order chi connectivity index (χ1) is 11.2. The van der Waals surface area contributed by atoms with Crippen LogP contribution in [0.1, 0.15) is 15.9 Å². The summed E-state index contributed by atoms with van der Waals surface area (Å²) in [5, 5.41) is 12.0. The third kappa shape index (κ3) is 3.27. The van der Waals surface area contributed by atoms with Crippen LogP contribution in [0, 0.1) is 29.1 Å². The maximum absolute atomic E-state index is 13.4. The van der Waals surface area contributed by atoms with Gasteiger partial charge in [-0.3, -0.25) is 5.43 Å². The van der Waals surface area contributed by atoms with E-state index in [-0.39, 0.29) is 10.7 Å². The summed E-state index contributed by atoms with van der Waals surface area (Å²) in [7, 11) is 0. The number of rotatable bonds is 4. The van der Waals surface area contributed by atoms with Crippen molar-refractivity contribution < 1.29 is 31.9 Å². The van der Waals surface area contributed by atoms with E-state index in [4.69, 9.17) is 16.7 Å². The fourth-order valence-electron chi connectivity index (χ4n) is 1.59. The number of pyridine rings is 1. The molecule has 24 heavy (non-hydrogen) atoms. The Bertz CT molecular complexity index is 831. The summed E-state index contributed by atoms with van der Waals surface area (Å²) in [5.41, 5.74) is 0.325. The Morgan fingerprint density at radius 2 is 1.62 bits per heavy atom. The van der Waals surface area contributed by atoms with Crippen molar-refractivity contribution in [3.63, 3.8) is 0 Å². The van der Waals surface area contributed by atoms with Crippen LogP contribution in [0.15, 0.2) is 17.2 Å². The summed E-state index contributed by atoms with van der Waals surface area (Å²) < 4.78 is 65.8. The topological polar surface area (TPSA) is 74.6 Å². The number of carboxylic acids is 1. The molecule has 0 unspecified atom stereocenters. The average molecular weight is 366 g/mol. The van der Waals surface area contributed by atoms with Gasteiger partial charge in [0.1, 0.15) is 10.7 Å². The number of halogens is 6. The summed E-state index contributed by atoms with van der Waals surface area (Å²) in [5.74, 6) is -12.6. The second-order valence-corrected chi connectivity index (χ2v) is 4.58. The van der Waals surface area contributed by atoms with Gasteiger partial charge in [-0.25, -0.2) is 31.7 Å². The lowest BCUT2D eigenvalue weighted by Crippen LogP contribution is -2.08. The van der Waals surface area contributed by atoms with Gasteiger partial charge in [-0.05, 0) is 12.1 Å². The molecule has 1 heterocycles. The van der Waals surface area contributed by atoms with E-state index in [1.54, 1.807) is 0 Å². The maximum Gasteiger partial charge on any atom is 0.339 e. The Morgan fingerprint density at radius 3 is 2.17 bits per heavy atom. The Labute approximate surface area is 135 Å². The molecule has 5 nitrogen and oxygen atoms in total. The van der Waals surface area contributed by atoms with E-state index in [0.29, 0.717) is 6.21 Å². The molecule has 0 spiro atoms. The maximum atomic E-state index is 13.4. The number of anilines is 1. The van der Waals surface area contributed by atoms with Crippen LogP contribution in [0.2, 0.25) is 5.15 Å². The van der Waals surface area contributed by atoms with Crippen LogP contribution < -0.4 is 5.43 Å². The third-order valence-electron chi connectivity index (χ3n) is 2.70. The van der Waals surface area contributed by atoms with Crippen LogP contribution >= 0.6 is 11.6 Å². The van der Waals surface area contributed by atoms with Gasteiger partial charge < -0.3 is 5.11 Å². The molecule has 0 saturated heterocycles. The zero-order valence-electron chi connectivity index (χ0n) is 11.2. The first-order valence-corrected chi connectivity index (χ1v) is 6.32. The molecule has 0 radical (unpaired) electrons. The van der Waals surface area contributed by atoms with E-state index in [1.165, 1.54) is 6.07 Å². The SMILES string of the molecule is O=C(O)c1ccc(Cl)nc1N/N=C/c1c(F)c(F)c(F)c(F)c1F. The Morgan fingerprint density at radius 1 is 1.08 bits per heavy atom. The number of nitrogens with zero attached hydrogens (tertiary/aromatic N) is 2. The molecule has 0 saturated carbocycles. The van der Waals surface area contributed by atoms with Crippen molar-refractivity contribution >= 4 is 29.6 Å². The largest absolute Gasteiger partial charge is 0.478 e. The van der Waals surface area contributed by atoms with Crippen molar-refractivity contribution in [2.75, 3.05) is 5.43 Å². The molecule has 1 aromatic heterocycles. The van der Waals surface area contributed by atoms with Gasteiger partial charge in [-0.1, -0.05) is 11.6 Å². The fraction of sp³-hybridized carbons (Fsp3) is 0. The van der Waals surface area contributed by atoms with Crippen LogP contribution in [0.4, 0.5) is 27.8 Å². The highest BCUT2D eigenvalue weighted by Crippen LogP contribution is 2.22.